The van der Waals surface area contributed by atoms with Crippen molar-refractivity contribution in [2.24, 2.45) is 0 Å². The lowest BCUT2D eigenvalue weighted by Gasteiger charge is -2.13. The number of hydrogen-bond acceptors (Lipinski definition) is 6. The van der Waals surface area contributed by atoms with Gasteiger partial charge in [-0.3, -0.25) is 0 Å². The molecule has 3 N–H and O–H groups in total. The molecule has 0 aliphatic carbocycles. The van der Waals surface area contributed by atoms with Gasteiger partial charge in [0, 0.05) is 30.5 Å². The van der Waals surface area contributed by atoms with Crippen molar-refractivity contribution in [3.8, 4) is 5.75 Å². The molecule has 0 radical (unpaired) electrons. The molecule has 7 nitrogen and oxygen atoms in total. The number of fused-ring (bicyclic) bond motifs is 1. The van der Waals surface area contributed by atoms with E-state index < -0.39 is 0 Å². The summed E-state index contributed by atoms with van der Waals surface area (Å²) < 4.78 is 5.17. The van der Waals surface area contributed by atoms with E-state index in [1.807, 2.05) is 24.3 Å². The summed E-state index contributed by atoms with van der Waals surface area (Å²) in [6, 6.07) is 11.0. The van der Waals surface area contributed by atoms with Gasteiger partial charge in [0.25, 0.3) is 0 Å². The number of hydrogen-bond donors (Lipinski definition) is 3. The van der Waals surface area contributed by atoms with Gasteiger partial charge in [0.05, 0.1) is 18.7 Å². The van der Waals surface area contributed by atoms with Crippen molar-refractivity contribution in [1.82, 2.24) is 10.2 Å². The number of aromatic nitrogens is 2. The summed E-state index contributed by atoms with van der Waals surface area (Å²) in [5.41, 5.74) is 1.49. The molecule has 8 heteroatoms. The van der Waals surface area contributed by atoms with Crippen LogP contribution in [0.5, 0.6) is 5.75 Å². The van der Waals surface area contributed by atoms with Crippen molar-refractivity contribution in [3.63, 3.8) is 0 Å². The van der Waals surface area contributed by atoms with Crippen molar-refractivity contribution in [1.29, 1.82) is 0 Å². The smallest absolute Gasteiger partial charge is 0.188 e. The first-order valence-corrected chi connectivity index (χ1v) is 9.13. The summed E-state index contributed by atoms with van der Waals surface area (Å²) in [4.78, 5) is 3.51. The first kappa shape index (κ1) is 19.7. The number of nitrogens with zero attached hydrogens (tertiary/aromatic N) is 3. The zero-order chi connectivity index (χ0) is 19.9. The minimum absolute atomic E-state index is 0.101. The second-order valence-electron chi connectivity index (χ2n) is 6.07. The zero-order valence-corrected chi connectivity index (χ0v) is 16.1. The third kappa shape index (κ3) is 4.42. The maximum Gasteiger partial charge on any atom is 0.188 e. The Hall–Kier alpha value is -3.08. The number of methoxy groups -OCH3 is 1. The highest BCUT2D eigenvalue weighted by molar-refractivity contribution is 6.32. The Morgan fingerprint density at radius 1 is 1.11 bits per heavy atom. The molecule has 0 spiro atoms. The van der Waals surface area contributed by atoms with Crippen LogP contribution in [0.1, 0.15) is 12.0 Å². The fourth-order valence-electron chi connectivity index (χ4n) is 2.76. The molecule has 0 atom stereocenters. The van der Waals surface area contributed by atoms with Gasteiger partial charge in [-0.05, 0) is 30.2 Å². The molecular formula is C20H20ClN5O2. The maximum absolute atomic E-state index is 8.96. The molecule has 2 aromatic carbocycles. The molecule has 0 aliphatic heterocycles. The Kier molecular flexibility index (Phi) is 6.48. The van der Waals surface area contributed by atoms with Gasteiger partial charge in [-0.2, -0.15) is 0 Å². The van der Waals surface area contributed by atoms with Crippen LogP contribution >= 0.6 is 11.6 Å². The van der Waals surface area contributed by atoms with E-state index in [4.69, 9.17) is 28.0 Å². The summed E-state index contributed by atoms with van der Waals surface area (Å²) in [6.45, 7) is 8.46. The van der Waals surface area contributed by atoms with Gasteiger partial charge in [0.2, 0.25) is 0 Å². The SMILES string of the molecule is [C-]#[N+]c1ccc2c(NCCCO)nnc(NCc3ccc(OC)c(Cl)c3)c2c1. The first-order valence-electron chi connectivity index (χ1n) is 8.75. The van der Waals surface area contributed by atoms with Gasteiger partial charge < -0.3 is 20.5 Å². The third-order valence-corrected chi connectivity index (χ3v) is 4.49. The molecule has 144 valence electrons. The van der Waals surface area contributed by atoms with Gasteiger partial charge in [-0.15, -0.1) is 10.2 Å². The quantitative estimate of drug-likeness (QED) is 0.389. The van der Waals surface area contributed by atoms with Gasteiger partial charge in [-0.1, -0.05) is 29.8 Å². The number of aliphatic hydroxyl groups is 1. The van der Waals surface area contributed by atoms with E-state index in [9.17, 15) is 0 Å². The van der Waals surface area contributed by atoms with E-state index in [0.717, 1.165) is 16.3 Å². The van der Waals surface area contributed by atoms with Crippen molar-refractivity contribution in [3.05, 3.63) is 58.4 Å². The Balaban J connectivity index is 1.88. The van der Waals surface area contributed by atoms with Gasteiger partial charge >= 0.3 is 0 Å². The second kappa shape index (κ2) is 9.22. The maximum atomic E-state index is 8.96. The summed E-state index contributed by atoms with van der Waals surface area (Å²) in [5, 5.41) is 26.2. The zero-order valence-electron chi connectivity index (χ0n) is 15.4. The molecule has 1 aromatic heterocycles. The topological polar surface area (TPSA) is 83.7 Å². The number of benzene rings is 2. The van der Waals surface area contributed by atoms with Crippen LogP contribution in [0.3, 0.4) is 0 Å². The lowest BCUT2D eigenvalue weighted by Crippen LogP contribution is -2.09. The Bertz CT molecular complexity index is 1020. The lowest BCUT2D eigenvalue weighted by molar-refractivity contribution is 0.292. The van der Waals surface area contributed by atoms with Crippen molar-refractivity contribution in [2.45, 2.75) is 13.0 Å². The number of ether oxygens (including phenoxy) is 1. The number of halogens is 1. The Labute approximate surface area is 168 Å². The molecule has 0 saturated heterocycles. The van der Waals surface area contributed by atoms with E-state index in [-0.39, 0.29) is 6.61 Å². The molecule has 0 saturated carbocycles. The van der Waals surface area contributed by atoms with Crippen LogP contribution in [0, 0.1) is 6.57 Å². The molecule has 0 unspecified atom stereocenters. The Morgan fingerprint density at radius 2 is 1.89 bits per heavy atom. The largest absolute Gasteiger partial charge is 0.495 e. The van der Waals surface area contributed by atoms with E-state index in [1.54, 1.807) is 19.2 Å². The summed E-state index contributed by atoms with van der Waals surface area (Å²) in [6.07, 6.45) is 0.613. The van der Waals surface area contributed by atoms with E-state index in [0.29, 0.717) is 47.6 Å². The minimum atomic E-state index is 0.101. The molecule has 3 aromatic rings. The normalized spacial score (nSPS) is 10.5. The molecule has 0 bridgehead atoms. The average Bonchev–Trinajstić information content (AvgIpc) is 2.72. The highest BCUT2D eigenvalue weighted by Gasteiger charge is 2.11. The van der Waals surface area contributed by atoms with E-state index >= 15 is 0 Å². The highest BCUT2D eigenvalue weighted by atomic mass is 35.5. The summed E-state index contributed by atoms with van der Waals surface area (Å²) in [7, 11) is 1.58. The van der Waals surface area contributed by atoms with Crippen molar-refractivity contribution < 1.29 is 9.84 Å². The summed E-state index contributed by atoms with van der Waals surface area (Å²) in [5.74, 6) is 1.83. The molecule has 0 aliphatic rings. The standard InChI is InChI=1S/C20H20ClN5O2/c1-22-14-5-6-15-16(11-14)20(26-25-19(15)23-8-3-9-27)24-12-13-4-7-18(28-2)17(21)10-13/h4-7,10-11,27H,3,8-9,12H2,2H3,(H,23,25)(H,24,26). The van der Waals surface area contributed by atoms with E-state index in [2.05, 4.69) is 25.7 Å². The van der Waals surface area contributed by atoms with Crippen LogP contribution in [0.2, 0.25) is 5.02 Å². The predicted octanol–water partition coefficient (Wildman–Crippen LogP) is 4.25. The van der Waals surface area contributed by atoms with Crippen LogP contribution in [0.15, 0.2) is 36.4 Å². The van der Waals surface area contributed by atoms with Crippen molar-refractivity contribution >= 4 is 39.7 Å². The molecule has 28 heavy (non-hydrogen) atoms. The molecule has 0 amide bonds. The number of anilines is 2. The second-order valence-corrected chi connectivity index (χ2v) is 6.47. The lowest BCUT2D eigenvalue weighted by atomic mass is 10.1. The van der Waals surface area contributed by atoms with Crippen LogP contribution in [0.4, 0.5) is 17.3 Å². The first-order chi connectivity index (χ1) is 13.7. The van der Waals surface area contributed by atoms with E-state index in [1.165, 1.54) is 0 Å². The minimum Gasteiger partial charge on any atom is -0.495 e. The van der Waals surface area contributed by atoms with Crippen LogP contribution < -0.4 is 15.4 Å². The molecular weight excluding hydrogens is 378 g/mol. The molecule has 0 fully saturated rings. The van der Waals surface area contributed by atoms with Crippen LogP contribution in [-0.4, -0.2) is 35.6 Å². The van der Waals surface area contributed by atoms with Crippen LogP contribution in [0.25, 0.3) is 15.6 Å². The number of rotatable bonds is 8. The monoisotopic (exact) mass is 397 g/mol. The molecule has 3 rings (SSSR count). The fourth-order valence-corrected chi connectivity index (χ4v) is 3.04. The number of nitrogens with one attached hydrogen (secondary N) is 2. The third-order valence-electron chi connectivity index (χ3n) is 4.20. The summed E-state index contributed by atoms with van der Waals surface area (Å²) >= 11 is 6.19. The Morgan fingerprint density at radius 3 is 2.57 bits per heavy atom. The van der Waals surface area contributed by atoms with Crippen LogP contribution in [-0.2, 0) is 6.54 Å². The predicted molar refractivity (Wildman–Crippen MR) is 111 cm³/mol. The molecule has 1 heterocycles. The highest BCUT2D eigenvalue weighted by Crippen LogP contribution is 2.31. The van der Waals surface area contributed by atoms with Gasteiger partial charge in [0.1, 0.15) is 5.75 Å². The number of aliphatic hydroxyl groups excluding tert-OH is 1. The average molecular weight is 398 g/mol. The van der Waals surface area contributed by atoms with Crippen molar-refractivity contribution in [2.75, 3.05) is 30.9 Å². The van der Waals surface area contributed by atoms with Gasteiger partial charge in [-0.25, -0.2) is 4.85 Å². The van der Waals surface area contributed by atoms with Gasteiger partial charge in [0.15, 0.2) is 17.3 Å². The fraction of sp³-hybridized carbons (Fsp3) is 0.250.